The zero-order valence-corrected chi connectivity index (χ0v) is 18.4. The van der Waals surface area contributed by atoms with E-state index in [-0.39, 0.29) is 31.6 Å². The zero-order chi connectivity index (χ0) is 24.3. The van der Waals surface area contributed by atoms with Crippen LogP contribution >= 0.6 is 0 Å². The second-order valence-electron chi connectivity index (χ2n) is 9.27. The van der Waals surface area contributed by atoms with Gasteiger partial charge in [0.05, 0.1) is 11.8 Å². The van der Waals surface area contributed by atoms with Gasteiger partial charge in [-0.1, -0.05) is 0 Å². The third-order valence-corrected chi connectivity index (χ3v) is 5.20. The molecule has 1 saturated carbocycles. The Hall–Kier alpha value is -2.53. The maximum absolute atomic E-state index is 12.2. The first-order valence-corrected chi connectivity index (χ1v) is 10.5. The fourth-order valence-electron chi connectivity index (χ4n) is 3.34. The normalized spacial score (nSPS) is 23.3. The molecule has 3 amide bonds. The number of rotatable bonds is 3. The lowest BCUT2D eigenvalue weighted by Crippen LogP contribution is -2.41. The van der Waals surface area contributed by atoms with Crippen LogP contribution in [0.3, 0.4) is 0 Å². The summed E-state index contributed by atoms with van der Waals surface area (Å²) in [7, 11) is 0. The fraction of sp³-hybridized carbons (Fsp3) is 0.800. The van der Waals surface area contributed by atoms with Crippen molar-refractivity contribution in [3.63, 3.8) is 0 Å². The molecule has 2 saturated heterocycles. The van der Waals surface area contributed by atoms with E-state index < -0.39 is 41.6 Å². The summed E-state index contributed by atoms with van der Waals surface area (Å²) in [6.07, 6.45) is -2.59. The van der Waals surface area contributed by atoms with E-state index in [1.165, 1.54) is 4.90 Å². The summed E-state index contributed by atoms with van der Waals surface area (Å²) in [4.78, 5) is 46.9. The Kier molecular flexibility index (Phi) is 8.00. The zero-order valence-electron chi connectivity index (χ0n) is 18.4. The molecule has 182 valence electrons. The van der Waals surface area contributed by atoms with Crippen molar-refractivity contribution < 1.29 is 42.2 Å². The molecule has 1 aliphatic carbocycles. The first-order chi connectivity index (χ1) is 14.7. The van der Waals surface area contributed by atoms with E-state index in [1.807, 2.05) is 0 Å². The fourth-order valence-corrected chi connectivity index (χ4v) is 3.34. The second kappa shape index (κ2) is 9.95. The van der Waals surface area contributed by atoms with Crippen molar-refractivity contribution in [1.29, 1.82) is 0 Å². The van der Waals surface area contributed by atoms with Crippen LogP contribution in [-0.4, -0.2) is 82.8 Å². The highest BCUT2D eigenvalue weighted by Gasteiger charge is 2.45. The lowest BCUT2D eigenvalue weighted by molar-refractivity contribution is -0.184. The van der Waals surface area contributed by atoms with Gasteiger partial charge in [-0.3, -0.25) is 14.4 Å². The van der Waals surface area contributed by atoms with Crippen LogP contribution in [0, 0.1) is 11.8 Å². The van der Waals surface area contributed by atoms with Crippen molar-refractivity contribution in [2.24, 2.45) is 11.8 Å². The van der Waals surface area contributed by atoms with E-state index in [9.17, 15) is 32.3 Å². The molecule has 2 atom stereocenters. The van der Waals surface area contributed by atoms with Gasteiger partial charge in [-0.25, -0.2) is 4.79 Å². The maximum atomic E-state index is 12.2. The molecule has 0 aromatic heterocycles. The van der Waals surface area contributed by atoms with Crippen LogP contribution in [0.15, 0.2) is 0 Å². The van der Waals surface area contributed by atoms with Crippen LogP contribution in [-0.2, 0) is 19.1 Å². The van der Waals surface area contributed by atoms with Crippen molar-refractivity contribution in [2.45, 2.75) is 64.3 Å². The number of likely N-dealkylation sites (tertiary alicyclic amines) is 2. The van der Waals surface area contributed by atoms with Crippen molar-refractivity contribution in [3.8, 4) is 0 Å². The molecule has 0 unspecified atom stereocenters. The van der Waals surface area contributed by atoms with Crippen molar-refractivity contribution in [3.05, 3.63) is 0 Å². The van der Waals surface area contributed by atoms with E-state index >= 15 is 0 Å². The number of ether oxygens (including phenoxy) is 1. The molecule has 3 fully saturated rings. The highest BCUT2D eigenvalue weighted by Crippen LogP contribution is 2.26. The number of nitrogens with one attached hydrogen (secondary N) is 1. The van der Waals surface area contributed by atoms with Gasteiger partial charge < -0.3 is 25.0 Å². The van der Waals surface area contributed by atoms with Gasteiger partial charge >= 0.3 is 24.1 Å². The largest absolute Gasteiger partial charge is 0.481 e. The van der Waals surface area contributed by atoms with Crippen LogP contribution in [0.1, 0.15) is 46.5 Å². The molecule has 2 heterocycles. The number of carboxylic acid groups (broad SMARTS) is 1. The van der Waals surface area contributed by atoms with E-state index in [4.69, 9.17) is 9.84 Å². The van der Waals surface area contributed by atoms with Gasteiger partial charge in [0.15, 0.2) is 0 Å². The molecule has 9 nitrogen and oxygen atoms in total. The molecule has 0 aromatic rings. The molecular weight excluding hydrogens is 435 g/mol. The first kappa shape index (κ1) is 25.7. The average molecular weight is 465 g/mol. The van der Waals surface area contributed by atoms with Crippen LogP contribution in [0.5, 0.6) is 0 Å². The van der Waals surface area contributed by atoms with Crippen LogP contribution < -0.4 is 5.32 Å². The number of nitrogens with zero attached hydrogens (tertiary/aromatic N) is 2. The first-order valence-electron chi connectivity index (χ1n) is 10.5. The van der Waals surface area contributed by atoms with Gasteiger partial charge in [0, 0.05) is 32.2 Å². The third-order valence-electron chi connectivity index (χ3n) is 5.20. The summed E-state index contributed by atoms with van der Waals surface area (Å²) in [5.41, 5.74) is -0.529. The number of carbonyl (C=O) groups excluding carboxylic acids is 3. The van der Waals surface area contributed by atoms with Gasteiger partial charge in [-0.05, 0) is 46.5 Å². The predicted molar refractivity (Wildman–Crippen MR) is 105 cm³/mol. The van der Waals surface area contributed by atoms with Gasteiger partial charge in [0.25, 0.3) is 0 Å². The van der Waals surface area contributed by atoms with Gasteiger partial charge in [-0.15, -0.1) is 0 Å². The number of carboxylic acids is 1. The molecule has 3 rings (SSSR count). The second-order valence-corrected chi connectivity index (χ2v) is 9.27. The van der Waals surface area contributed by atoms with Crippen molar-refractivity contribution >= 4 is 23.9 Å². The van der Waals surface area contributed by atoms with Crippen LogP contribution in [0.4, 0.5) is 18.0 Å². The molecule has 3 aliphatic rings. The van der Waals surface area contributed by atoms with E-state index in [0.717, 1.165) is 12.8 Å². The van der Waals surface area contributed by atoms with E-state index in [1.54, 1.807) is 20.8 Å². The lowest BCUT2D eigenvalue weighted by atomic mass is 10.1. The van der Waals surface area contributed by atoms with Crippen LogP contribution in [0.2, 0.25) is 0 Å². The summed E-state index contributed by atoms with van der Waals surface area (Å²) in [6.45, 7) is 5.95. The summed E-state index contributed by atoms with van der Waals surface area (Å²) < 4.78 is 41.6. The molecule has 2 aliphatic heterocycles. The minimum absolute atomic E-state index is 0.00109. The number of hydrogen-bond acceptors (Lipinski definition) is 5. The van der Waals surface area contributed by atoms with Gasteiger partial charge in [0.1, 0.15) is 5.60 Å². The number of carbonyl (C=O) groups is 4. The Labute approximate surface area is 184 Å². The minimum Gasteiger partial charge on any atom is -0.481 e. The van der Waals surface area contributed by atoms with Gasteiger partial charge in [0.2, 0.25) is 5.91 Å². The Morgan fingerprint density at radius 1 is 0.906 bits per heavy atom. The predicted octanol–water partition coefficient (Wildman–Crippen LogP) is 2.00. The SMILES string of the molecule is CC(C)(C)OC(=O)N1CC[C@H](C(=O)O)C1.O=C(NC1CC1)[C@H]1CCN(C(=O)C(F)(F)F)C1. The highest BCUT2D eigenvalue weighted by atomic mass is 19.4. The quantitative estimate of drug-likeness (QED) is 0.659. The standard InChI is InChI=1S/C10H13F3N2O2.C10H17NO4/c11-10(12,13)9(17)15-4-3-6(5-15)8(16)14-7-1-2-7;1-10(2,3)15-9(14)11-5-4-7(6-11)8(12)13/h6-7H,1-5H2,(H,14,16);7H,4-6H2,1-3H3,(H,12,13)/t6-;7-/m00/s1. The summed E-state index contributed by atoms with van der Waals surface area (Å²) in [6, 6.07) is 0.190. The molecule has 0 spiro atoms. The molecule has 0 radical (unpaired) electrons. The summed E-state index contributed by atoms with van der Waals surface area (Å²) >= 11 is 0. The van der Waals surface area contributed by atoms with Crippen molar-refractivity contribution in [1.82, 2.24) is 15.1 Å². The van der Waals surface area contributed by atoms with E-state index in [0.29, 0.717) is 24.3 Å². The average Bonchev–Trinajstić information content (AvgIpc) is 3.15. The van der Waals surface area contributed by atoms with Crippen LogP contribution in [0.25, 0.3) is 0 Å². The number of aliphatic carboxylic acids is 1. The molecular formula is C20H30F3N3O6. The van der Waals surface area contributed by atoms with Crippen molar-refractivity contribution in [2.75, 3.05) is 26.2 Å². The Morgan fingerprint density at radius 3 is 1.91 bits per heavy atom. The molecule has 12 heteroatoms. The molecule has 2 N–H and O–H groups in total. The summed E-state index contributed by atoms with van der Waals surface area (Å²) in [5, 5.41) is 11.5. The minimum atomic E-state index is -4.85. The molecule has 0 aromatic carbocycles. The Morgan fingerprint density at radius 2 is 1.44 bits per heavy atom. The number of hydrogen-bond donors (Lipinski definition) is 2. The third kappa shape index (κ3) is 7.86. The Bertz CT molecular complexity index is 733. The summed E-state index contributed by atoms with van der Waals surface area (Å²) in [5.74, 6) is -3.87. The molecule has 32 heavy (non-hydrogen) atoms. The molecule has 0 bridgehead atoms. The van der Waals surface area contributed by atoms with Gasteiger partial charge in [-0.2, -0.15) is 13.2 Å². The number of halogens is 3. The smallest absolute Gasteiger partial charge is 0.471 e. The number of alkyl halides is 3. The van der Waals surface area contributed by atoms with E-state index in [2.05, 4.69) is 5.32 Å². The topological polar surface area (TPSA) is 116 Å². The monoisotopic (exact) mass is 465 g/mol. The number of amides is 3. The highest BCUT2D eigenvalue weighted by molar-refractivity contribution is 5.85. The Balaban J connectivity index is 0.000000229. The maximum Gasteiger partial charge on any atom is 0.471 e. The lowest BCUT2D eigenvalue weighted by Gasteiger charge is -2.24.